The first-order valence-corrected chi connectivity index (χ1v) is 11.5. The molecule has 0 amide bonds. The van der Waals surface area contributed by atoms with Gasteiger partial charge in [-0.2, -0.15) is 11.8 Å². The average molecular weight is 527 g/mol. The summed E-state index contributed by atoms with van der Waals surface area (Å²) < 4.78 is 27.2. The van der Waals surface area contributed by atoms with Crippen molar-refractivity contribution in [2.45, 2.75) is 30.9 Å². The molecule has 6 nitrogen and oxygen atoms in total. The molecule has 27 heavy (non-hydrogen) atoms. The Morgan fingerprint density at radius 3 is 2.56 bits per heavy atom. The van der Waals surface area contributed by atoms with Crippen molar-refractivity contribution < 1.29 is 8.42 Å². The fourth-order valence-corrected chi connectivity index (χ4v) is 5.09. The molecule has 1 aliphatic rings. The van der Waals surface area contributed by atoms with E-state index >= 15 is 0 Å². The van der Waals surface area contributed by atoms with E-state index in [1.165, 1.54) is 0 Å². The van der Waals surface area contributed by atoms with Crippen LogP contribution >= 0.6 is 35.7 Å². The summed E-state index contributed by atoms with van der Waals surface area (Å²) >= 11 is 2.02. The fraction of sp³-hybridized carbons (Fsp3) is 0.611. The third-order valence-electron chi connectivity index (χ3n) is 4.38. The molecule has 1 saturated heterocycles. The molecule has 2 rings (SSSR count). The number of sulfonamides is 1. The van der Waals surface area contributed by atoms with E-state index in [-0.39, 0.29) is 24.0 Å². The first-order chi connectivity index (χ1) is 12.3. The van der Waals surface area contributed by atoms with Gasteiger partial charge in [-0.15, -0.1) is 24.0 Å². The van der Waals surface area contributed by atoms with Gasteiger partial charge in [-0.05, 0) is 25.0 Å². The Bertz CT molecular complexity index is 709. The van der Waals surface area contributed by atoms with E-state index in [9.17, 15) is 8.42 Å². The third-order valence-corrected chi connectivity index (χ3v) is 7.40. The van der Waals surface area contributed by atoms with Crippen molar-refractivity contribution in [2.75, 3.05) is 39.0 Å². The van der Waals surface area contributed by atoms with Gasteiger partial charge >= 0.3 is 0 Å². The summed E-state index contributed by atoms with van der Waals surface area (Å²) in [5.74, 6) is 2.55. The SMILES string of the molecule is CN=C(NCCNS(=O)(=O)c1ccc(C)cc1)N1CCSC(C(C)C)C1.I. The number of thioether (sulfide) groups is 1. The number of aryl methyl sites for hydroxylation is 1. The monoisotopic (exact) mass is 526 g/mol. The lowest BCUT2D eigenvalue weighted by Crippen LogP contribution is -2.50. The van der Waals surface area contributed by atoms with Crippen molar-refractivity contribution in [3.63, 3.8) is 0 Å². The van der Waals surface area contributed by atoms with Gasteiger partial charge in [0.25, 0.3) is 0 Å². The van der Waals surface area contributed by atoms with Gasteiger partial charge in [0.1, 0.15) is 0 Å². The molecular weight excluding hydrogens is 495 g/mol. The zero-order valence-corrected chi connectivity index (χ0v) is 20.4. The minimum absolute atomic E-state index is 0. The second-order valence-corrected chi connectivity index (χ2v) is 9.90. The number of hydrogen-bond acceptors (Lipinski definition) is 4. The second kappa shape index (κ2) is 11.5. The van der Waals surface area contributed by atoms with Crippen molar-refractivity contribution in [1.29, 1.82) is 0 Å². The number of rotatable bonds is 6. The molecule has 0 radical (unpaired) electrons. The van der Waals surface area contributed by atoms with E-state index < -0.39 is 10.0 Å². The molecule has 1 aromatic carbocycles. The van der Waals surface area contributed by atoms with Gasteiger partial charge in [-0.25, -0.2) is 13.1 Å². The highest BCUT2D eigenvalue weighted by Gasteiger charge is 2.24. The molecule has 1 atom stereocenters. The number of guanidine groups is 1. The van der Waals surface area contributed by atoms with Gasteiger partial charge in [-0.1, -0.05) is 31.5 Å². The van der Waals surface area contributed by atoms with Gasteiger partial charge in [0.2, 0.25) is 10.0 Å². The summed E-state index contributed by atoms with van der Waals surface area (Å²) in [4.78, 5) is 6.90. The first kappa shape index (κ1) is 24.5. The standard InChI is InChI=1S/C18H30N4O2S2.HI/c1-14(2)17-13-22(11-12-25-17)18(19-4)20-9-10-21-26(23,24)16-7-5-15(3)6-8-16;/h5-8,14,17,21H,9-13H2,1-4H3,(H,19,20);1H. The van der Waals surface area contributed by atoms with Gasteiger partial charge in [0.05, 0.1) is 4.90 Å². The maximum absolute atomic E-state index is 12.3. The van der Waals surface area contributed by atoms with Crippen molar-refractivity contribution in [2.24, 2.45) is 10.9 Å². The summed E-state index contributed by atoms with van der Waals surface area (Å²) in [7, 11) is -1.70. The molecule has 1 aliphatic heterocycles. The van der Waals surface area contributed by atoms with E-state index in [2.05, 4.69) is 33.8 Å². The predicted molar refractivity (Wildman–Crippen MR) is 126 cm³/mol. The van der Waals surface area contributed by atoms with Crippen molar-refractivity contribution in [3.8, 4) is 0 Å². The normalized spacial score (nSPS) is 18.3. The van der Waals surface area contributed by atoms with E-state index in [1.54, 1.807) is 31.3 Å². The Morgan fingerprint density at radius 1 is 1.30 bits per heavy atom. The number of nitrogens with zero attached hydrogens (tertiary/aromatic N) is 2. The van der Waals surface area contributed by atoms with Crippen molar-refractivity contribution in [1.82, 2.24) is 14.9 Å². The Balaban J connectivity index is 0.00000364. The van der Waals surface area contributed by atoms with E-state index in [1.807, 2.05) is 18.7 Å². The van der Waals surface area contributed by atoms with Crippen LogP contribution in [0, 0.1) is 12.8 Å². The van der Waals surface area contributed by atoms with Crippen LogP contribution in [-0.2, 0) is 10.0 Å². The number of halogens is 1. The maximum Gasteiger partial charge on any atom is 0.240 e. The second-order valence-electron chi connectivity index (χ2n) is 6.78. The molecule has 0 saturated carbocycles. The molecule has 9 heteroatoms. The minimum atomic E-state index is -3.47. The van der Waals surface area contributed by atoms with Crippen LogP contribution in [-0.4, -0.2) is 63.5 Å². The smallest absolute Gasteiger partial charge is 0.240 e. The summed E-state index contributed by atoms with van der Waals surface area (Å²) in [5, 5.41) is 3.87. The molecule has 2 N–H and O–H groups in total. The minimum Gasteiger partial charge on any atom is -0.355 e. The quantitative estimate of drug-likeness (QED) is 0.258. The van der Waals surface area contributed by atoms with Crippen LogP contribution in [0.3, 0.4) is 0 Å². The Hall–Kier alpha value is -0.520. The maximum atomic E-state index is 12.3. The first-order valence-electron chi connectivity index (χ1n) is 8.97. The van der Waals surface area contributed by atoms with E-state index in [0.29, 0.717) is 29.2 Å². The molecule has 0 spiro atoms. The molecular formula is C18H31IN4O2S2. The van der Waals surface area contributed by atoms with Gasteiger partial charge in [0.15, 0.2) is 5.96 Å². The summed E-state index contributed by atoms with van der Waals surface area (Å²) in [6.45, 7) is 9.16. The number of aliphatic imine (C=N–C) groups is 1. The van der Waals surface area contributed by atoms with Crippen LogP contribution in [0.25, 0.3) is 0 Å². The van der Waals surface area contributed by atoms with Gasteiger partial charge < -0.3 is 10.2 Å². The average Bonchev–Trinajstić information content (AvgIpc) is 2.62. The third kappa shape index (κ3) is 7.43. The topological polar surface area (TPSA) is 73.8 Å². The lowest BCUT2D eigenvalue weighted by molar-refractivity contribution is 0.381. The molecule has 1 aromatic rings. The zero-order chi connectivity index (χ0) is 19.2. The Morgan fingerprint density at radius 2 is 1.96 bits per heavy atom. The number of nitrogens with one attached hydrogen (secondary N) is 2. The van der Waals surface area contributed by atoms with Crippen molar-refractivity contribution in [3.05, 3.63) is 29.8 Å². The lowest BCUT2D eigenvalue weighted by atomic mass is 10.1. The van der Waals surface area contributed by atoms with Crippen LogP contribution in [0.4, 0.5) is 0 Å². The Labute approximate surface area is 185 Å². The van der Waals surface area contributed by atoms with Crippen LogP contribution in [0.1, 0.15) is 19.4 Å². The molecule has 0 aliphatic carbocycles. The zero-order valence-electron chi connectivity index (χ0n) is 16.4. The summed E-state index contributed by atoms with van der Waals surface area (Å²) in [6, 6.07) is 6.85. The Kier molecular flexibility index (Phi) is 10.4. The predicted octanol–water partition coefficient (Wildman–Crippen LogP) is 2.54. The summed E-state index contributed by atoms with van der Waals surface area (Å²) in [5.41, 5.74) is 1.04. The van der Waals surface area contributed by atoms with E-state index in [4.69, 9.17) is 0 Å². The van der Waals surface area contributed by atoms with Crippen LogP contribution < -0.4 is 10.0 Å². The van der Waals surface area contributed by atoms with Gasteiger partial charge in [0, 0.05) is 44.2 Å². The van der Waals surface area contributed by atoms with Crippen LogP contribution in [0.15, 0.2) is 34.2 Å². The highest BCUT2D eigenvalue weighted by Crippen LogP contribution is 2.24. The highest BCUT2D eigenvalue weighted by molar-refractivity contribution is 14.0. The van der Waals surface area contributed by atoms with Gasteiger partial charge in [-0.3, -0.25) is 4.99 Å². The fourth-order valence-electron chi connectivity index (χ4n) is 2.76. The number of benzene rings is 1. The van der Waals surface area contributed by atoms with E-state index in [0.717, 1.165) is 30.4 Å². The lowest BCUT2D eigenvalue weighted by Gasteiger charge is -2.36. The van der Waals surface area contributed by atoms with Crippen LogP contribution in [0.5, 0.6) is 0 Å². The number of hydrogen-bond donors (Lipinski definition) is 2. The molecule has 1 unspecified atom stereocenters. The van der Waals surface area contributed by atoms with Crippen molar-refractivity contribution >= 4 is 51.7 Å². The van der Waals surface area contributed by atoms with Crippen LogP contribution in [0.2, 0.25) is 0 Å². The largest absolute Gasteiger partial charge is 0.355 e. The molecule has 154 valence electrons. The summed E-state index contributed by atoms with van der Waals surface area (Å²) in [6.07, 6.45) is 0. The molecule has 1 fully saturated rings. The molecule has 1 heterocycles. The highest BCUT2D eigenvalue weighted by atomic mass is 127. The molecule has 0 aromatic heterocycles. The molecule has 0 bridgehead atoms.